The molecule has 0 atom stereocenters. The zero-order chi connectivity index (χ0) is 25.0. The van der Waals surface area contributed by atoms with Crippen LogP contribution in [0.25, 0.3) is 0 Å². The average molecular weight is 473 g/mol. The van der Waals surface area contributed by atoms with Crippen LogP contribution in [-0.2, 0) is 0 Å². The molecule has 0 fully saturated rings. The van der Waals surface area contributed by atoms with Gasteiger partial charge in [-0.3, -0.25) is 14.4 Å². The molecule has 7 nitrogen and oxygen atoms in total. The molecule has 0 radical (unpaired) electrons. The van der Waals surface area contributed by atoms with E-state index in [1.54, 1.807) is 72.8 Å². The van der Waals surface area contributed by atoms with Crippen molar-refractivity contribution in [2.24, 2.45) is 5.73 Å². The van der Waals surface area contributed by atoms with Crippen molar-refractivity contribution in [2.75, 3.05) is 11.4 Å². The standard InChI is InChI=1S/C28H32N4O3/c1-2-3-4-11-20-32(24-18-16-21(17-19-24)25(29)33)28(30-26(34)22-12-7-5-8-13-22)31-27(35)23-14-9-6-10-15-23/h5-10,12-19,28H,2-4,11,20H2,1H3,(H2,29,33)(H,30,34)(H,31,35). The molecule has 0 saturated heterocycles. The van der Waals surface area contributed by atoms with Crippen molar-refractivity contribution < 1.29 is 14.4 Å². The summed E-state index contributed by atoms with van der Waals surface area (Å²) in [7, 11) is 0. The highest BCUT2D eigenvalue weighted by Crippen LogP contribution is 2.19. The quantitative estimate of drug-likeness (QED) is 0.270. The minimum atomic E-state index is -0.823. The Hall–Kier alpha value is -4.13. The molecule has 0 unspecified atom stereocenters. The average Bonchev–Trinajstić information content (AvgIpc) is 2.89. The topological polar surface area (TPSA) is 105 Å². The summed E-state index contributed by atoms with van der Waals surface area (Å²) in [4.78, 5) is 39.6. The summed E-state index contributed by atoms with van der Waals surface area (Å²) in [6.45, 7) is 2.73. The molecular weight excluding hydrogens is 440 g/mol. The summed E-state index contributed by atoms with van der Waals surface area (Å²) < 4.78 is 0. The summed E-state index contributed by atoms with van der Waals surface area (Å²) in [6.07, 6.45) is 3.23. The summed E-state index contributed by atoms with van der Waals surface area (Å²) >= 11 is 0. The number of unbranched alkanes of at least 4 members (excludes halogenated alkanes) is 3. The lowest BCUT2D eigenvalue weighted by Gasteiger charge is -2.35. The highest BCUT2D eigenvalue weighted by Gasteiger charge is 2.24. The van der Waals surface area contributed by atoms with E-state index in [2.05, 4.69) is 17.6 Å². The van der Waals surface area contributed by atoms with Crippen molar-refractivity contribution in [3.05, 3.63) is 102 Å². The van der Waals surface area contributed by atoms with Crippen LogP contribution in [0.1, 0.15) is 63.7 Å². The largest absolute Gasteiger partial charge is 0.366 e. The Morgan fingerprint density at radius 3 is 1.69 bits per heavy atom. The monoisotopic (exact) mass is 472 g/mol. The second kappa shape index (κ2) is 12.9. The van der Waals surface area contributed by atoms with E-state index < -0.39 is 12.2 Å². The normalized spacial score (nSPS) is 10.6. The molecule has 3 rings (SSSR count). The predicted octanol–water partition coefficient (Wildman–Crippen LogP) is 4.32. The number of benzene rings is 3. The molecule has 0 heterocycles. The summed E-state index contributed by atoms with van der Waals surface area (Å²) in [5, 5.41) is 5.95. The van der Waals surface area contributed by atoms with Gasteiger partial charge in [-0.25, -0.2) is 0 Å². The van der Waals surface area contributed by atoms with Crippen LogP contribution in [0.5, 0.6) is 0 Å². The zero-order valence-electron chi connectivity index (χ0n) is 19.9. The van der Waals surface area contributed by atoms with E-state index in [1.165, 1.54) is 0 Å². The molecule has 182 valence electrons. The molecule has 3 amide bonds. The smallest absolute Gasteiger partial charge is 0.254 e. The van der Waals surface area contributed by atoms with Crippen molar-refractivity contribution in [1.29, 1.82) is 0 Å². The number of hydrogen-bond acceptors (Lipinski definition) is 4. The van der Waals surface area contributed by atoms with Crippen molar-refractivity contribution in [2.45, 2.75) is 38.9 Å². The highest BCUT2D eigenvalue weighted by molar-refractivity contribution is 5.97. The SMILES string of the molecule is CCCCCCN(c1ccc(C(N)=O)cc1)C(NC(=O)c1ccccc1)NC(=O)c1ccccc1. The maximum Gasteiger partial charge on any atom is 0.254 e. The fourth-order valence-electron chi connectivity index (χ4n) is 3.72. The Kier molecular flexibility index (Phi) is 9.42. The lowest BCUT2D eigenvalue weighted by Crippen LogP contribution is -2.59. The third-order valence-electron chi connectivity index (χ3n) is 5.66. The van der Waals surface area contributed by atoms with Gasteiger partial charge in [0.25, 0.3) is 11.8 Å². The fraction of sp³-hybridized carbons (Fsp3) is 0.250. The molecule has 35 heavy (non-hydrogen) atoms. The number of primary amides is 1. The number of amides is 3. The molecule has 3 aromatic rings. The minimum absolute atomic E-state index is 0.309. The molecule has 3 aromatic carbocycles. The lowest BCUT2D eigenvalue weighted by molar-refractivity contribution is 0.0880. The third-order valence-corrected chi connectivity index (χ3v) is 5.66. The van der Waals surface area contributed by atoms with Gasteiger partial charge < -0.3 is 21.3 Å². The van der Waals surface area contributed by atoms with E-state index in [4.69, 9.17) is 5.73 Å². The Morgan fingerprint density at radius 2 is 1.23 bits per heavy atom. The van der Waals surface area contributed by atoms with Gasteiger partial charge in [-0.15, -0.1) is 0 Å². The molecule has 4 N–H and O–H groups in total. The Labute approximate surface area is 206 Å². The Morgan fingerprint density at radius 1 is 0.714 bits per heavy atom. The first-order valence-electron chi connectivity index (χ1n) is 11.9. The minimum Gasteiger partial charge on any atom is -0.366 e. The zero-order valence-corrected chi connectivity index (χ0v) is 19.9. The number of carbonyl (C=O) groups excluding carboxylic acids is 3. The number of hydrogen-bond donors (Lipinski definition) is 3. The third kappa shape index (κ3) is 7.43. The van der Waals surface area contributed by atoms with Crippen LogP contribution in [0.2, 0.25) is 0 Å². The first kappa shape index (κ1) is 25.5. The van der Waals surface area contributed by atoms with E-state index in [0.717, 1.165) is 31.4 Å². The van der Waals surface area contributed by atoms with Crippen LogP contribution < -0.4 is 21.3 Å². The molecule has 7 heteroatoms. The van der Waals surface area contributed by atoms with Crippen LogP contribution in [-0.4, -0.2) is 30.6 Å². The number of nitrogens with two attached hydrogens (primary N) is 1. The molecule has 0 saturated carbocycles. The first-order chi connectivity index (χ1) is 17.0. The van der Waals surface area contributed by atoms with Gasteiger partial charge in [-0.1, -0.05) is 62.6 Å². The second-order valence-electron chi connectivity index (χ2n) is 8.25. The van der Waals surface area contributed by atoms with Gasteiger partial charge in [0, 0.05) is 28.9 Å². The van der Waals surface area contributed by atoms with Crippen molar-refractivity contribution in [3.63, 3.8) is 0 Å². The maximum atomic E-state index is 13.1. The summed E-state index contributed by atoms with van der Waals surface area (Å²) in [6, 6.07) is 24.6. The highest BCUT2D eigenvalue weighted by atomic mass is 16.2. The van der Waals surface area contributed by atoms with Gasteiger partial charge in [0.2, 0.25) is 5.91 Å². The number of carbonyl (C=O) groups is 3. The second-order valence-corrected chi connectivity index (χ2v) is 8.25. The van der Waals surface area contributed by atoms with E-state index in [0.29, 0.717) is 23.2 Å². The molecule has 0 aromatic heterocycles. The molecule has 0 spiro atoms. The summed E-state index contributed by atoms with van der Waals surface area (Å²) in [5.74, 6) is -1.13. The Bertz CT molecular complexity index is 1050. The van der Waals surface area contributed by atoms with Crippen LogP contribution in [0.3, 0.4) is 0 Å². The molecule has 0 aliphatic carbocycles. The number of nitrogens with zero attached hydrogens (tertiary/aromatic N) is 1. The lowest BCUT2D eigenvalue weighted by atomic mass is 10.1. The van der Waals surface area contributed by atoms with E-state index in [1.807, 2.05) is 17.0 Å². The van der Waals surface area contributed by atoms with E-state index in [-0.39, 0.29) is 11.8 Å². The molecular formula is C28H32N4O3. The van der Waals surface area contributed by atoms with E-state index >= 15 is 0 Å². The van der Waals surface area contributed by atoms with Gasteiger partial charge in [-0.05, 0) is 55.0 Å². The van der Waals surface area contributed by atoms with E-state index in [9.17, 15) is 14.4 Å². The number of rotatable bonds is 12. The molecule has 0 bridgehead atoms. The van der Waals surface area contributed by atoms with Crippen molar-refractivity contribution in [3.8, 4) is 0 Å². The van der Waals surface area contributed by atoms with Gasteiger partial charge in [-0.2, -0.15) is 0 Å². The van der Waals surface area contributed by atoms with Crippen molar-refractivity contribution in [1.82, 2.24) is 10.6 Å². The van der Waals surface area contributed by atoms with Crippen LogP contribution in [0.15, 0.2) is 84.9 Å². The van der Waals surface area contributed by atoms with Crippen LogP contribution >= 0.6 is 0 Å². The van der Waals surface area contributed by atoms with Crippen molar-refractivity contribution >= 4 is 23.4 Å². The van der Waals surface area contributed by atoms with Crippen LogP contribution in [0, 0.1) is 0 Å². The van der Waals surface area contributed by atoms with Gasteiger partial charge >= 0.3 is 0 Å². The predicted molar refractivity (Wildman–Crippen MR) is 138 cm³/mol. The van der Waals surface area contributed by atoms with Gasteiger partial charge in [0.1, 0.15) is 0 Å². The van der Waals surface area contributed by atoms with Gasteiger partial charge in [0.05, 0.1) is 0 Å². The Balaban J connectivity index is 1.93. The molecule has 0 aliphatic heterocycles. The fourth-order valence-corrected chi connectivity index (χ4v) is 3.72. The molecule has 0 aliphatic rings. The summed E-state index contributed by atoms with van der Waals surface area (Å²) in [5.41, 5.74) is 7.52. The number of anilines is 1. The first-order valence-corrected chi connectivity index (χ1v) is 11.9. The maximum absolute atomic E-state index is 13.1. The number of nitrogens with one attached hydrogen (secondary N) is 2. The van der Waals surface area contributed by atoms with Crippen LogP contribution in [0.4, 0.5) is 5.69 Å². The van der Waals surface area contributed by atoms with Gasteiger partial charge in [0.15, 0.2) is 6.29 Å².